The first-order valence-corrected chi connectivity index (χ1v) is 6.59. The van der Waals surface area contributed by atoms with Gasteiger partial charge in [0.05, 0.1) is 6.04 Å². The van der Waals surface area contributed by atoms with Crippen molar-refractivity contribution in [1.82, 2.24) is 5.32 Å². The average molecular weight is 220 g/mol. The number of amides is 1. The molecule has 0 saturated carbocycles. The van der Waals surface area contributed by atoms with Crippen LogP contribution in [0.3, 0.4) is 0 Å². The third kappa shape index (κ3) is 6.83. The van der Waals surface area contributed by atoms with E-state index in [1.54, 1.807) is 6.08 Å². The van der Waals surface area contributed by atoms with Crippen LogP contribution in [0.1, 0.15) is 6.42 Å². The van der Waals surface area contributed by atoms with Crippen molar-refractivity contribution in [1.29, 1.82) is 0 Å². The summed E-state index contributed by atoms with van der Waals surface area (Å²) >= 11 is 0. The highest BCUT2D eigenvalue weighted by Crippen LogP contribution is 2.35. The molecule has 14 heavy (non-hydrogen) atoms. The Morgan fingerprint density at radius 1 is 1.79 bits per heavy atom. The first-order chi connectivity index (χ1) is 6.37. The summed E-state index contributed by atoms with van der Waals surface area (Å²) in [7, 11) is -3.07. The van der Waals surface area contributed by atoms with Crippen molar-refractivity contribution >= 4 is 13.3 Å². The molecule has 4 N–H and O–H groups in total. The van der Waals surface area contributed by atoms with Crippen LogP contribution in [0, 0.1) is 0 Å². The third-order valence-electron chi connectivity index (χ3n) is 1.61. The number of hydrogen-bond acceptors (Lipinski definition) is 3. The van der Waals surface area contributed by atoms with Crippen molar-refractivity contribution in [3.05, 3.63) is 12.7 Å². The molecular formula is C8H17N2O3P. The number of carbonyl (C=O) groups is 1. The average Bonchev–Trinajstić information content (AvgIpc) is 2.09. The molecule has 2 unspecified atom stereocenters. The van der Waals surface area contributed by atoms with Gasteiger partial charge >= 0.3 is 0 Å². The Bertz CT molecular complexity index is 249. The number of nitrogens with one attached hydrogen (secondary N) is 1. The van der Waals surface area contributed by atoms with Crippen LogP contribution in [0.5, 0.6) is 0 Å². The van der Waals surface area contributed by atoms with Crippen LogP contribution < -0.4 is 11.1 Å². The Kier molecular flexibility index (Phi) is 5.69. The quantitative estimate of drug-likeness (QED) is 0.430. The van der Waals surface area contributed by atoms with Crippen LogP contribution in [0.25, 0.3) is 0 Å². The minimum atomic E-state index is -3.07. The van der Waals surface area contributed by atoms with Crippen LogP contribution >= 0.6 is 7.37 Å². The molecule has 0 aromatic carbocycles. The van der Waals surface area contributed by atoms with Gasteiger partial charge in [0.15, 0.2) is 7.37 Å². The van der Waals surface area contributed by atoms with Gasteiger partial charge in [0.1, 0.15) is 0 Å². The second kappa shape index (κ2) is 5.96. The molecule has 5 nitrogen and oxygen atoms in total. The molecule has 0 aromatic rings. The van der Waals surface area contributed by atoms with E-state index in [1.165, 1.54) is 6.66 Å². The predicted octanol–water partition coefficient (Wildman–Crippen LogP) is -0.0938. The number of carbonyl (C=O) groups excluding carboxylic acids is 1. The standard InChI is InChI=1S/C8H17N2O3P/c1-3-5-10-8(11)7(9)4-6-14(2,12)13/h3,7H,1,4-6,9H2,2H3,(H,10,11)(H,12,13). The minimum absolute atomic E-state index is 0.0652. The molecule has 0 spiro atoms. The maximum absolute atomic E-state index is 11.2. The molecule has 82 valence electrons. The van der Waals surface area contributed by atoms with E-state index in [9.17, 15) is 9.36 Å². The normalized spacial score (nSPS) is 16.8. The molecule has 6 heteroatoms. The van der Waals surface area contributed by atoms with E-state index in [0.29, 0.717) is 6.54 Å². The smallest absolute Gasteiger partial charge is 0.237 e. The molecule has 0 heterocycles. The van der Waals surface area contributed by atoms with Gasteiger partial charge in [-0.25, -0.2) is 0 Å². The summed E-state index contributed by atoms with van der Waals surface area (Å²) in [5.41, 5.74) is 5.49. The first kappa shape index (κ1) is 13.4. The predicted molar refractivity (Wildman–Crippen MR) is 56.4 cm³/mol. The molecule has 0 saturated heterocycles. The van der Waals surface area contributed by atoms with E-state index in [4.69, 9.17) is 10.6 Å². The molecule has 0 aliphatic heterocycles. The molecule has 0 aliphatic carbocycles. The van der Waals surface area contributed by atoms with Gasteiger partial charge in [-0.15, -0.1) is 6.58 Å². The molecule has 0 rings (SSSR count). The zero-order valence-corrected chi connectivity index (χ0v) is 9.17. The topological polar surface area (TPSA) is 92.4 Å². The maximum Gasteiger partial charge on any atom is 0.237 e. The van der Waals surface area contributed by atoms with Crippen LogP contribution in [-0.4, -0.2) is 36.2 Å². The van der Waals surface area contributed by atoms with Gasteiger partial charge in [0, 0.05) is 19.4 Å². The van der Waals surface area contributed by atoms with Gasteiger partial charge in [0.2, 0.25) is 5.91 Å². The third-order valence-corrected chi connectivity index (χ3v) is 2.70. The summed E-state index contributed by atoms with van der Waals surface area (Å²) < 4.78 is 10.9. The molecule has 0 fully saturated rings. The number of nitrogens with two attached hydrogens (primary N) is 1. The van der Waals surface area contributed by atoms with Gasteiger partial charge in [-0.1, -0.05) is 6.08 Å². The Balaban J connectivity index is 3.84. The van der Waals surface area contributed by atoms with Crippen LogP contribution in [-0.2, 0) is 9.36 Å². The van der Waals surface area contributed by atoms with Crippen molar-refractivity contribution in [3.63, 3.8) is 0 Å². The summed E-state index contributed by atoms with van der Waals surface area (Å²) in [5.74, 6) is -0.321. The van der Waals surface area contributed by atoms with E-state index in [0.717, 1.165) is 0 Å². The highest BCUT2D eigenvalue weighted by Gasteiger charge is 2.17. The lowest BCUT2D eigenvalue weighted by Crippen LogP contribution is -2.41. The molecule has 2 atom stereocenters. The number of rotatable bonds is 6. The fourth-order valence-corrected chi connectivity index (χ4v) is 1.57. The summed E-state index contributed by atoms with van der Waals surface area (Å²) in [4.78, 5) is 20.1. The first-order valence-electron chi connectivity index (χ1n) is 4.30. The van der Waals surface area contributed by atoms with E-state index in [2.05, 4.69) is 11.9 Å². The largest absolute Gasteiger partial charge is 0.351 e. The lowest BCUT2D eigenvalue weighted by molar-refractivity contribution is -0.122. The fraction of sp³-hybridized carbons (Fsp3) is 0.625. The maximum atomic E-state index is 11.2. The lowest BCUT2D eigenvalue weighted by atomic mass is 10.2. The van der Waals surface area contributed by atoms with Gasteiger partial charge in [0.25, 0.3) is 0 Å². The summed E-state index contributed by atoms with van der Waals surface area (Å²) in [6.07, 6.45) is 1.82. The lowest BCUT2D eigenvalue weighted by Gasteiger charge is -2.12. The highest BCUT2D eigenvalue weighted by molar-refractivity contribution is 7.57. The van der Waals surface area contributed by atoms with E-state index in [1.807, 2.05) is 0 Å². The van der Waals surface area contributed by atoms with Crippen molar-refractivity contribution in [2.75, 3.05) is 19.4 Å². The Morgan fingerprint density at radius 2 is 2.36 bits per heavy atom. The van der Waals surface area contributed by atoms with Crippen molar-refractivity contribution in [2.45, 2.75) is 12.5 Å². The van der Waals surface area contributed by atoms with E-state index >= 15 is 0 Å². The van der Waals surface area contributed by atoms with Gasteiger partial charge in [-0.05, 0) is 6.42 Å². The molecular weight excluding hydrogens is 203 g/mol. The zero-order chi connectivity index (χ0) is 11.2. The summed E-state index contributed by atoms with van der Waals surface area (Å²) in [6.45, 7) is 5.05. The molecule has 1 amide bonds. The van der Waals surface area contributed by atoms with Crippen molar-refractivity contribution < 1.29 is 14.3 Å². The highest BCUT2D eigenvalue weighted by atomic mass is 31.2. The summed E-state index contributed by atoms with van der Waals surface area (Å²) in [5, 5.41) is 2.52. The second-order valence-electron chi connectivity index (χ2n) is 3.20. The Morgan fingerprint density at radius 3 is 2.79 bits per heavy atom. The van der Waals surface area contributed by atoms with Crippen LogP contribution in [0.4, 0.5) is 0 Å². The second-order valence-corrected chi connectivity index (χ2v) is 5.75. The van der Waals surface area contributed by atoms with Crippen LogP contribution in [0.15, 0.2) is 12.7 Å². The molecule has 0 radical (unpaired) electrons. The molecule has 0 aromatic heterocycles. The molecule has 0 aliphatic rings. The molecule has 0 bridgehead atoms. The minimum Gasteiger partial charge on any atom is -0.351 e. The number of hydrogen-bond donors (Lipinski definition) is 3. The van der Waals surface area contributed by atoms with Crippen LogP contribution in [0.2, 0.25) is 0 Å². The van der Waals surface area contributed by atoms with E-state index < -0.39 is 13.4 Å². The Labute approximate surface area is 83.8 Å². The Hall–Kier alpha value is -0.640. The van der Waals surface area contributed by atoms with Gasteiger partial charge < -0.3 is 15.9 Å². The van der Waals surface area contributed by atoms with Crippen molar-refractivity contribution in [3.8, 4) is 0 Å². The van der Waals surface area contributed by atoms with E-state index in [-0.39, 0.29) is 18.5 Å². The monoisotopic (exact) mass is 220 g/mol. The van der Waals surface area contributed by atoms with Gasteiger partial charge in [-0.2, -0.15) is 0 Å². The SMILES string of the molecule is C=CCNC(=O)C(N)CCP(C)(=O)O. The van der Waals surface area contributed by atoms with Gasteiger partial charge in [-0.3, -0.25) is 9.36 Å². The van der Waals surface area contributed by atoms with Crippen molar-refractivity contribution in [2.24, 2.45) is 5.73 Å². The fourth-order valence-electron chi connectivity index (χ4n) is 0.814. The summed E-state index contributed by atoms with van der Waals surface area (Å²) in [6, 6.07) is -0.727. The zero-order valence-electron chi connectivity index (χ0n) is 8.27.